The van der Waals surface area contributed by atoms with Gasteiger partial charge >= 0.3 is 0 Å². The molecule has 3 nitrogen and oxygen atoms in total. The van der Waals surface area contributed by atoms with Crippen molar-refractivity contribution in [2.45, 2.75) is 19.9 Å². The number of benzene rings is 2. The number of nitrogens with two attached hydrogens (primary N) is 1. The summed E-state index contributed by atoms with van der Waals surface area (Å²) in [5, 5.41) is 9.57. The summed E-state index contributed by atoms with van der Waals surface area (Å²) in [5.74, 6) is 0.310. The van der Waals surface area contributed by atoms with Crippen LogP contribution in [0.1, 0.15) is 17.5 Å². The number of aromatic hydroxyl groups is 1. The summed E-state index contributed by atoms with van der Waals surface area (Å²) in [6.07, 6.45) is 0.951. The number of rotatable bonds is 6. The van der Waals surface area contributed by atoms with E-state index in [1.807, 2.05) is 18.2 Å². The number of hydrogen-bond donors (Lipinski definition) is 2. The van der Waals surface area contributed by atoms with Gasteiger partial charge in [0.15, 0.2) is 0 Å². The fourth-order valence-electron chi connectivity index (χ4n) is 2.21. The molecule has 0 unspecified atom stereocenters. The highest BCUT2D eigenvalue weighted by Gasteiger charge is 2.07. The summed E-state index contributed by atoms with van der Waals surface area (Å²) in [5.41, 5.74) is 9.17. The molecule has 106 valence electrons. The zero-order chi connectivity index (χ0) is 14.4. The summed E-state index contributed by atoms with van der Waals surface area (Å²) in [6, 6.07) is 15.9. The third kappa shape index (κ3) is 4.00. The molecule has 0 fully saturated rings. The van der Waals surface area contributed by atoms with Gasteiger partial charge in [-0.2, -0.15) is 0 Å². The third-order valence-corrected chi connectivity index (χ3v) is 3.32. The highest BCUT2D eigenvalue weighted by atomic mass is 16.3. The second kappa shape index (κ2) is 6.96. The molecule has 3 heteroatoms. The van der Waals surface area contributed by atoms with Crippen LogP contribution in [0.25, 0.3) is 0 Å². The van der Waals surface area contributed by atoms with E-state index in [0.29, 0.717) is 12.3 Å². The predicted octanol–water partition coefficient (Wildman–Crippen LogP) is 3.06. The first kappa shape index (κ1) is 14.4. The van der Waals surface area contributed by atoms with Crippen LogP contribution < -0.4 is 10.6 Å². The predicted molar refractivity (Wildman–Crippen MR) is 84.0 cm³/mol. The van der Waals surface area contributed by atoms with Gasteiger partial charge in [0.1, 0.15) is 5.75 Å². The van der Waals surface area contributed by atoms with Crippen LogP contribution in [0.15, 0.2) is 48.5 Å². The maximum atomic E-state index is 9.57. The maximum absolute atomic E-state index is 9.57. The Hall–Kier alpha value is -2.00. The van der Waals surface area contributed by atoms with E-state index in [1.165, 1.54) is 11.3 Å². The Balaban J connectivity index is 2.16. The molecule has 0 aromatic heterocycles. The van der Waals surface area contributed by atoms with Gasteiger partial charge in [-0.25, -0.2) is 0 Å². The van der Waals surface area contributed by atoms with Gasteiger partial charge in [0.05, 0.1) is 0 Å². The summed E-state index contributed by atoms with van der Waals surface area (Å²) >= 11 is 0. The smallest absolute Gasteiger partial charge is 0.115 e. The quantitative estimate of drug-likeness (QED) is 0.848. The van der Waals surface area contributed by atoms with Crippen molar-refractivity contribution < 1.29 is 5.11 Å². The second-order valence-corrected chi connectivity index (χ2v) is 5.07. The van der Waals surface area contributed by atoms with Crippen molar-refractivity contribution in [3.63, 3.8) is 0 Å². The average Bonchev–Trinajstić information content (AvgIpc) is 2.44. The zero-order valence-corrected chi connectivity index (χ0v) is 11.9. The van der Waals surface area contributed by atoms with Crippen molar-refractivity contribution in [2.75, 3.05) is 18.0 Å². The molecular weight excluding hydrogens is 248 g/mol. The monoisotopic (exact) mass is 270 g/mol. The van der Waals surface area contributed by atoms with E-state index in [0.717, 1.165) is 25.1 Å². The lowest BCUT2D eigenvalue weighted by Gasteiger charge is -2.25. The summed E-state index contributed by atoms with van der Waals surface area (Å²) in [4.78, 5) is 2.29. The number of phenols is 1. The minimum atomic E-state index is 0.310. The van der Waals surface area contributed by atoms with Crippen molar-refractivity contribution >= 4 is 5.69 Å². The topological polar surface area (TPSA) is 49.5 Å². The van der Waals surface area contributed by atoms with E-state index in [-0.39, 0.29) is 0 Å². The molecule has 0 atom stereocenters. The normalized spacial score (nSPS) is 10.5. The first-order valence-corrected chi connectivity index (χ1v) is 6.98. The van der Waals surface area contributed by atoms with Crippen LogP contribution in [0, 0.1) is 6.92 Å². The molecule has 0 aliphatic carbocycles. The lowest BCUT2D eigenvalue weighted by Crippen LogP contribution is -2.25. The van der Waals surface area contributed by atoms with Gasteiger partial charge in [0.25, 0.3) is 0 Å². The molecule has 0 amide bonds. The van der Waals surface area contributed by atoms with Crippen molar-refractivity contribution in [1.29, 1.82) is 0 Å². The van der Waals surface area contributed by atoms with Crippen molar-refractivity contribution in [1.82, 2.24) is 0 Å². The molecule has 0 heterocycles. The van der Waals surface area contributed by atoms with Crippen molar-refractivity contribution in [3.05, 3.63) is 59.7 Å². The Morgan fingerprint density at radius 2 is 1.85 bits per heavy atom. The molecule has 0 bridgehead atoms. The van der Waals surface area contributed by atoms with E-state index in [2.05, 4.69) is 36.1 Å². The third-order valence-electron chi connectivity index (χ3n) is 3.32. The molecular formula is C17H22N2O. The molecule has 0 radical (unpaired) electrons. The molecule has 20 heavy (non-hydrogen) atoms. The van der Waals surface area contributed by atoms with Crippen LogP contribution in [0.5, 0.6) is 5.75 Å². The number of nitrogens with zero attached hydrogens (tertiary/aromatic N) is 1. The van der Waals surface area contributed by atoms with Gasteiger partial charge in [-0.15, -0.1) is 0 Å². The fraction of sp³-hybridized carbons (Fsp3) is 0.294. The summed E-state index contributed by atoms with van der Waals surface area (Å²) < 4.78 is 0. The molecule has 0 spiro atoms. The Morgan fingerprint density at radius 3 is 2.50 bits per heavy atom. The standard InChI is InChI=1S/C17H22N2O/c1-14-6-8-16(9-7-14)19(11-3-10-18)13-15-4-2-5-17(20)12-15/h2,4-9,12,20H,3,10-11,13,18H2,1H3. The second-order valence-electron chi connectivity index (χ2n) is 5.07. The summed E-state index contributed by atoms with van der Waals surface area (Å²) in [7, 11) is 0. The van der Waals surface area contributed by atoms with Crippen molar-refractivity contribution in [3.8, 4) is 5.75 Å². The van der Waals surface area contributed by atoms with E-state index in [9.17, 15) is 5.11 Å². The SMILES string of the molecule is Cc1ccc(N(CCCN)Cc2cccc(O)c2)cc1. The van der Waals surface area contributed by atoms with Gasteiger partial charge in [-0.1, -0.05) is 29.8 Å². The number of phenolic OH excluding ortho intramolecular Hbond substituents is 1. The maximum Gasteiger partial charge on any atom is 0.115 e. The molecule has 0 saturated heterocycles. The van der Waals surface area contributed by atoms with Crippen LogP contribution in [-0.2, 0) is 6.54 Å². The van der Waals surface area contributed by atoms with E-state index in [4.69, 9.17) is 5.73 Å². The minimum absolute atomic E-state index is 0.310. The molecule has 0 aliphatic rings. The Kier molecular flexibility index (Phi) is 5.02. The Labute approximate surface area is 120 Å². The first-order chi connectivity index (χ1) is 9.69. The van der Waals surface area contributed by atoms with Crippen LogP contribution in [0.2, 0.25) is 0 Å². The number of aryl methyl sites for hydroxylation is 1. The molecule has 0 aliphatic heterocycles. The molecule has 2 aromatic carbocycles. The van der Waals surface area contributed by atoms with Crippen LogP contribution >= 0.6 is 0 Å². The summed E-state index contributed by atoms with van der Waals surface area (Å²) in [6.45, 7) is 4.46. The zero-order valence-electron chi connectivity index (χ0n) is 11.9. The molecule has 3 N–H and O–H groups in total. The van der Waals surface area contributed by atoms with Crippen molar-refractivity contribution in [2.24, 2.45) is 5.73 Å². The van der Waals surface area contributed by atoms with E-state index in [1.54, 1.807) is 6.07 Å². The molecule has 2 rings (SSSR count). The highest BCUT2D eigenvalue weighted by molar-refractivity contribution is 5.48. The molecule has 0 saturated carbocycles. The van der Waals surface area contributed by atoms with E-state index < -0.39 is 0 Å². The lowest BCUT2D eigenvalue weighted by atomic mass is 10.1. The van der Waals surface area contributed by atoms with E-state index >= 15 is 0 Å². The first-order valence-electron chi connectivity index (χ1n) is 6.98. The Bertz CT molecular complexity index is 537. The van der Waals surface area contributed by atoms with Gasteiger partial charge in [-0.3, -0.25) is 0 Å². The van der Waals surface area contributed by atoms with Gasteiger partial charge in [0.2, 0.25) is 0 Å². The average molecular weight is 270 g/mol. The highest BCUT2D eigenvalue weighted by Crippen LogP contribution is 2.20. The lowest BCUT2D eigenvalue weighted by molar-refractivity contribution is 0.474. The van der Waals surface area contributed by atoms with Gasteiger partial charge in [-0.05, 0) is 49.7 Å². The fourth-order valence-corrected chi connectivity index (χ4v) is 2.21. The van der Waals surface area contributed by atoms with Crippen LogP contribution in [0.4, 0.5) is 5.69 Å². The molecule has 2 aromatic rings. The van der Waals surface area contributed by atoms with Gasteiger partial charge in [0, 0.05) is 18.8 Å². The number of hydrogen-bond acceptors (Lipinski definition) is 3. The minimum Gasteiger partial charge on any atom is -0.508 e. The number of anilines is 1. The Morgan fingerprint density at radius 1 is 1.10 bits per heavy atom. The van der Waals surface area contributed by atoms with Crippen LogP contribution in [-0.4, -0.2) is 18.2 Å². The largest absolute Gasteiger partial charge is 0.508 e. The van der Waals surface area contributed by atoms with Gasteiger partial charge < -0.3 is 15.7 Å². The van der Waals surface area contributed by atoms with Crippen LogP contribution in [0.3, 0.4) is 0 Å².